The fourth-order valence-corrected chi connectivity index (χ4v) is 8.48. The summed E-state index contributed by atoms with van der Waals surface area (Å²) in [5, 5.41) is 10.9. The predicted octanol–water partition coefficient (Wildman–Crippen LogP) is 12.4. The molecule has 3 N–H and O–H groups in total. The van der Waals surface area contributed by atoms with Gasteiger partial charge in [-0.15, -0.1) is 0 Å². The highest BCUT2D eigenvalue weighted by molar-refractivity contribution is 4.95. The zero-order valence-corrected chi connectivity index (χ0v) is 35.1. The lowest BCUT2D eigenvalue weighted by atomic mass is 9.64. The van der Waals surface area contributed by atoms with Gasteiger partial charge in [0, 0.05) is 12.1 Å². The highest BCUT2D eigenvalue weighted by Crippen LogP contribution is 2.44. The standard InChI is InChI=1S/3C12H25N.3C2H6/c1-10(2)12(11(3)4)6-5-8-13-9-7-12;1-10(2)12(11(3)4)7-5-6-8-13-9-12;1-10(2)12(11(3)4)8-6-5-7-9-13-12;3*1-2/h3*10-11,13H,5-9H2,1-4H3;3*1-2H3. The Morgan fingerprint density at radius 3 is 1.24 bits per heavy atom. The summed E-state index contributed by atoms with van der Waals surface area (Å²) in [5.74, 6) is 4.77. The minimum atomic E-state index is 0.413. The van der Waals surface area contributed by atoms with Crippen molar-refractivity contribution < 1.29 is 0 Å². The second-order valence-electron chi connectivity index (χ2n) is 15.4. The van der Waals surface area contributed by atoms with Gasteiger partial charge in [0.2, 0.25) is 0 Å². The zero-order chi connectivity index (χ0) is 35.7. The van der Waals surface area contributed by atoms with E-state index in [1.54, 1.807) is 0 Å². The molecule has 3 aliphatic heterocycles. The first-order chi connectivity index (χ1) is 21.3. The lowest BCUT2D eigenvalue weighted by molar-refractivity contribution is 0.0930. The van der Waals surface area contributed by atoms with Crippen molar-refractivity contribution in [3.8, 4) is 0 Å². The third kappa shape index (κ3) is 16.2. The van der Waals surface area contributed by atoms with Crippen LogP contribution in [-0.4, -0.2) is 38.3 Å². The van der Waals surface area contributed by atoms with Crippen LogP contribution >= 0.6 is 0 Å². The van der Waals surface area contributed by atoms with E-state index in [2.05, 4.69) is 99.0 Å². The average molecular weight is 640 g/mol. The predicted molar refractivity (Wildman–Crippen MR) is 211 cm³/mol. The molecule has 45 heavy (non-hydrogen) atoms. The Balaban J connectivity index is -0.000000541. The number of rotatable bonds is 6. The van der Waals surface area contributed by atoms with Gasteiger partial charge in [0.05, 0.1) is 0 Å². The van der Waals surface area contributed by atoms with Crippen molar-refractivity contribution in [3.63, 3.8) is 0 Å². The van der Waals surface area contributed by atoms with Gasteiger partial charge in [-0.05, 0) is 117 Å². The molecule has 0 atom stereocenters. The molecule has 0 saturated carbocycles. The Morgan fingerprint density at radius 2 is 0.778 bits per heavy atom. The molecule has 3 saturated heterocycles. The van der Waals surface area contributed by atoms with Gasteiger partial charge in [-0.2, -0.15) is 0 Å². The van der Waals surface area contributed by atoms with Gasteiger partial charge >= 0.3 is 0 Å². The minimum absolute atomic E-state index is 0.413. The van der Waals surface area contributed by atoms with E-state index in [9.17, 15) is 0 Å². The fraction of sp³-hybridized carbons (Fsp3) is 1.00. The first-order valence-corrected chi connectivity index (χ1v) is 20.4. The summed E-state index contributed by atoms with van der Waals surface area (Å²) in [4.78, 5) is 0. The van der Waals surface area contributed by atoms with Crippen LogP contribution in [0.5, 0.6) is 0 Å². The molecule has 0 aromatic heterocycles. The van der Waals surface area contributed by atoms with E-state index >= 15 is 0 Å². The van der Waals surface area contributed by atoms with E-state index < -0.39 is 0 Å². The van der Waals surface area contributed by atoms with Crippen molar-refractivity contribution in [2.24, 2.45) is 46.3 Å². The van der Waals surface area contributed by atoms with Gasteiger partial charge < -0.3 is 16.0 Å². The van der Waals surface area contributed by atoms with Crippen LogP contribution in [0.4, 0.5) is 0 Å². The van der Waals surface area contributed by atoms with Crippen molar-refractivity contribution in [2.75, 3.05) is 32.7 Å². The topological polar surface area (TPSA) is 36.1 Å². The lowest BCUT2D eigenvalue weighted by Gasteiger charge is -2.42. The van der Waals surface area contributed by atoms with E-state index in [1.807, 2.05) is 41.5 Å². The summed E-state index contributed by atoms with van der Waals surface area (Å²) < 4.78 is 0. The third-order valence-corrected chi connectivity index (χ3v) is 11.8. The van der Waals surface area contributed by atoms with Gasteiger partial charge in [-0.3, -0.25) is 0 Å². The first kappa shape index (κ1) is 49.3. The van der Waals surface area contributed by atoms with Gasteiger partial charge in [0.15, 0.2) is 0 Å². The van der Waals surface area contributed by atoms with E-state index in [0.29, 0.717) is 16.4 Å². The van der Waals surface area contributed by atoms with E-state index in [1.165, 1.54) is 96.9 Å². The monoisotopic (exact) mass is 640 g/mol. The normalized spacial score (nSPS) is 20.8. The highest BCUT2D eigenvalue weighted by atomic mass is 15.0. The van der Waals surface area contributed by atoms with Crippen LogP contribution in [-0.2, 0) is 0 Å². The number of hydrogen-bond acceptors (Lipinski definition) is 3. The van der Waals surface area contributed by atoms with Crippen molar-refractivity contribution in [1.29, 1.82) is 0 Å². The second-order valence-corrected chi connectivity index (χ2v) is 15.4. The molecular formula is C42H93N3. The largest absolute Gasteiger partial charge is 0.317 e. The molecule has 3 rings (SSSR count). The van der Waals surface area contributed by atoms with Crippen LogP contribution in [0.1, 0.15) is 189 Å². The van der Waals surface area contributed by atoms with Crippen molar-refractivity contribution in [2.45, 2.75) is 194 Å². The molecule has 0 radical (unpaired) electrons. The molecule has 3 aliphatic rings. The molecule has 3 nitrogen and oxygen atoms in total. The van der Waals surface area contributed by atoms with E-state index in [4.69, 9.17) is 0 Å². The molecule has 0 amide bonds. The molecule has 0 unspecified atom stereocenters. The van der Waals surface area contributed by atoms with Gasteiger partial charge in [-0.1, -0.05) is 144 Å². The first-order valence-electron chi connectivity index (χ1n) is 20.4. The van der Waals surface area contributed by atoms with E-state index in [0.717, 1.165) is 35.5 Å². The van der Waals surface area contributed by atoms with Gasteiger partial charge in [0.1, 0.15) is 0 Å². The molecule has 3 heteroatoms. The lowest BCUT2D eigenvalue weighted by Crippen LogP contribution is -2.53. The van der Waals surface area contributed by atoms with Crippen LogP contribution < -0.4 is 16.0 Å². The quantitative estimate of drug-likeness (QED) is 0.271. The van der Waals surface area contributed by atoms with Crippen LogP contribution in [0.25, 0.3) is 0 Å². The minimum Gasteiger partial charge on any atom is -0.317 e. The smallest absolute Gasteiger partial charge is 0.0227 e. The zero-order valence-electron chi connectivity index (χ0n) is 35.1. The maximum Gasteiger partial charge on any atom is 0.0227 e. The molecule has 3 fully saturated rings. The Hall–Kier alpha value is -0.120. The molecule has 3 heterocycles. The van der Waals surface area contributed by atoms with Crippen molar-refractivity contribution in [3.05, 3.63) is 0 Å². The highest BCUT2D eigenvalue weighted by Gasteiger charge is 2.38. The summed E-state index contributed by atoms with van der Waals surface area (Å²) in [5.41, 5.74) is 1.57. The average Bonchev–Trinajstić information content (AvgIpc) is 3.55. The van der Waals surface area contributed by atoms with Crippen LogP contribution in [0, 0.1) is 46.3 Å². The van der Waals surface area contributed by atoms with Crippen molar-refractivity contribution in [1.82, 2.24) is 16.0 Å². The summed E-state index contributed by atoms with van der Waals surface area (Å²) in [6.45, 7) is 46.7. The van der Waals surface area contributed by atoms with Crippen LogP contribution in [0.15, 0.2) is 0 Å². The fourth-order valence-electron chi connectivity index (χ4n) is 8.48. The second kappa shape index (κ2) is 27.8. The summed E-state index contributed by atoms with van der Waals surface area (Å²) in [6.07, 6.45) is 13.9. The Labute approximate surface area is 288 Å². The third-order valence-electron chi connectivity index (χ3n) is 11.8. The van der Waals surface area contributed by atoms with Gasteiger partial charge in [-0.25, -0.2) is 0 Å². The Bertz CT molecular complexity index is 480. The SMILES string of the molecule is CC.CC.CC.CC(C)C1(C(C)C)CCCCCN1.CC(C)C1(C(C)C)CCCCNC1.CC(C)C1(C(C)C)CCCNCC1. The molecule has 0 spiro atoms. The summed E-state index contributed by atoms with van der Waals surface area (Å²) in [7, 11) is 0. The summed E-state index contributed by atoms with van der Waals surface area (Å²) >= 11 is 0. The van der Waals surface area contributed by atoms with Crippen LogP contribution in [0.3, 0.4) is 0 Å². The molecular weight excluding hydrogens is 546 g/mol. The summed E-state index contributed by atoms with van der Waals surface area (Å²) in [6, 6.07) is 0. The number of hydrogen-bond donors (Lipinski definition) is 3. The molecule has 0 aromatic carbocycles. The Kier molecular flexibility index (Phi) is 30.4. The maximum absolute atomic E-state index is 3.79. The molecule has 276 valence electrons. The molecule has 0 aliphatic carbocycles. The van der Waals surface area contributed by atoms with Crippen LogP contribution in [0.2, 0.25) is 0 Å². The maximum atomic E-state index is 3.79. The van der Waals surface area contributed by atoms with Gasteiger partial charge in [0.25, 0.3) is 0 Å². The van der Waals surface area contributed by atoms with E-state index in [-0.39, 0.29) is 0 Å². The number of nitrogens with one attached hydrogen (secondary N) is 3. The molecule has 0 bridgehead atoms. The molecule has 0 aromatic rings. The van der Waals surface area contributed by atoms with Crippen molar-refractivity contribution >= 4 is 0 Å². The Morgan fingerprint density at radius 1 is 0.356 bits per heavy atom.